The third-order valence-electron chi connectivity index (χ3n) is 3.57. The van der Waals surface area contributed by atoms with E-state index >= 15 is 0 Å². The van der Waals surface area contributed by atoms with E-state index in [4.69, 9.17) is 16.7 Å². The Morgan fingerprint density at radius 2 is 1.91 bits per heavy atom. The second-order valence-corrected chi connectivity index (χ2v) is 7.87. The number of halogens is 1. The van der Waals surface area contributed by atoms with Crippen molar-refractivity contribution in [1.29, 1.82) is 0 Å². The van der Waals surface area contributed by atoms with E-state index in [-0.39, 0.29) is 30.4 Å². The van der Waals surface area contributed by atoms with Gasteiger partial charge in [0.05, 0.1) is 17.9 Å². The summed E-state index contributed by atoms with van der Waals surface area (Å²) in [6.45, 7) is -0.0169. The van der Waals surface area contributed by atoms with Crippen LogP contribution in [0.4, 0.5) is 0 Å². The van der Waals surface area contributed by atoms with Crippen molar-refractivity contribution in [3.63, 3.8) is 0 Å². The third kappa shape index (κ3) is 4.20. The summed E-state index contributed by atoms with van der Waals surface area (Å²) in [5.41, 5.74) is 0.360. The molecule has 2 rings (SSSR count). The van der Waals surface area contributed by atoms with Gasteiger partial charge in [-0.15, -0.1) is 0 Å². The summed E-state index contributed by atoms with van der Waals surface area (Å²) < 4.78 is 23.2. The summed E-state index contributed by atoms with van der Waals surface area (Å²) in [7, 11) is -3.16. The van der Waals surface area contributed by atoms with Crippen LogP contribution in [0.2, 0.25) is 5.02 Å². The molecule has 0 saturated carbocycles. The van der Waals surface area contributed by atoms with Gasteiger partial charge >= 0.3 is 5.97 Å². The maximum Gasteiger partial charge on any atom is 0.305 e. The summed E-state index contributed by atoms with van der Waals surface area (Å²) in [6, 6.07) is 5.74. The second-order valence-electron chi connectivity index (χ2n) is 5.21. The Balaban J connectivity index is 2.21. The molecular formula is C14H16ClNO5S. The van der Waals surface area contributed by atoms with E-state index < -0.39 is 21.8 Å². The number of carbonyl (C=O) groups excluding carboxylic acids is 1. The second kappa shape index (κ2) is 6.66. The van der Waals surface area contributed by atoms with Gasteiger partial charge in [-0.3, -0.25) is 9.59 Å². The maximum atomic E-state index is 12.6. The normalized spacial score (nSPS) is 19.8. The first-order valence-corrected chi connectivity index (χ1v) is 8.97. The number of carboxylic acid groups (broad SMARTS) is 1. The molecule has 1 fully saturated rings. The summed E-state index contributed by atoms with van der Waals surface area (Å²) in [5.74, 6) is -1.50. The average Bonchev–Trinajstić information content (AvgIpc) is 2.79. The Morgan fingerprint density at radius 1 is 1.27 bits per heavy atom. The molecule has 1 saturated heterocycles. The number of rotatable bonds is 5. The van der Waals surface area contributed by atoms with E-state index in [1.54, 1.807) is 24.3 Å². The van der Waals surface area contributed by atoms with E-state index in [0.29, 0.717) is 17.0 Å². The topological polar surface area (TPSA) is 91.8 Å². The van der Waals surface area contributed by atoms with E-state index in [9.17, 15) is 18.0 Å². The van der Waals surface area contributed by atoms with Crippen LogP contribution >= 0.6 is 11.6 Å². The maximum absolute atomic E-state index is 12.6. The van der Waals surface area contributed by atoms with Crippen molar-refractivity contribution < 1.29 is 23.1 Å². The number of hydrogen-bond acceptors (Lipinski definition) is 4. The van der Waals surface area contributed by atoms with Crippen LogP contribution in [0.3, 0.4) is 0 Å². The molecule has 1 heterocycles. The molecule has 0 radical (unpaired) electrons. The summed E-state index contributed by atoms with van der Waals surface area (Å²) in [6.07, 6.45) is 0.108. The number of benzene rings is 1. The molecule has 1 aromatic rings. The van der Waals surface area contributed by atoms with Gasteiger partial charge in [0, 0.05) is 23.2 Å². The molecule has 1 aliphatic heterocycles. The van der Waals surface area contributed by atoms with Crippen molar-refractivity contribution >= 4 is 33.3 Å². The first-order chi connectivity index (χ1) is 10.3. The highest BCUT2D eigenvalue weighted by molar-refractivity contribution is 7.91. The fourth-order valence-electron chi connectivity index (χ4n) is 2.45. The van der Waals surface area contributed by atoms with Crippen LogP contribution in [0.15, 0.2) is 24.3 Å². The third-order valence-corrected chi connectivity index (χ3v) is 5.57. The fraction of sp³-hybridized carbons (Fsp3) is 0.429. The number of sulfone groups is 1. The predicted molar refractivity (Wildman–Crippen MR) is 81.8 cm³/mol. The lowest BCUT2D eigenvalue weighted by Crippen LogP contribution is -2.42. The molecule has 8 heteroatoms. The summed E-state index contributed by atoms with van der Waals surface area (Å²) >= 11 is 5.78. The number of hydrogen-bond donors (Lipinski definition) is 1. The number of carbonyl (C=O) groups is 2. The zero-order valence-electron chi connectivity index (χ0n) is 11.7. The summed E-state index contributed by atoms with van der Waals surface area (Å²) in [4.78, 5) is 24.7. The number of carboxylic acids is 1. The Morgan fingerprint density at radius 3 is 2.41 bits per heavy atom. The van der Waals surface area contributed by atoms with Crippen LogP contribution in [0.1, 0.15) is 23.2 Å². The minimum atomic E-state index is -3.16. The lowest BCUT2D eigenvalue weighted by molar-refractivity contribution is -0.137. The van der Waals surface area contributed by atoms with Crippen LogP contribution < -0.4 is 0 Å². The van der Waals surface area contributed by atoms with Gasteiger partial charge in [0.25, 0.3) is 5.91 Å². The molecule has 1 amide bonds. The first kappa shape index (κ1) is 16.8. The van der Waals surface area contributed by atoms with Gasteiger partial charge in [-0.05, 0) is 30.7 Å². The molecule has 0 bridgehead atoms. The van der Waals surface area contributed by atoms with E-state index in [0.717, 1.165) is 0 Å². The van der Waals surface area contributed by atoms with Crippen LogP contribution in [-0.4, -0.2) is 54.4 Å². The lowest BCUT2D eigenvalue weighted by Gasteiger charge is -2.28. The standard InChI is InChI=1S/C14H16ClNO5S/c15-11-3-1-10(2-4-11)14(19)16(7-5-13(17)18)12-6-8-22(20,21)9-12/h1-4,12H,5-9H2,(H,17,18)/t12-/m1/s1. The predicted octanol–water partition coefficient (Wildman–Crippen LogP) is 1.44. The minimum Gasteiger partial charge on any atom is -0.481 e. The Hall–Kier alpha value is -1.60. The highest BCUT2D eigenvalue weighted by atomic mass is 35.5. The fourth-order valence-corrected chi connectivity index (χ4v) is 4.30. The average molecular weight is 346 g/mol. The molecule has 0 aromatic heterocycles. The van der Waals surface area contributed by atoms with Crippen molar-refractivity contribution in [3.8, 4) is 0 Å². The van der Waals surface area contributed by atoms with E-state index in [1.807, 2.05) is 0 Å². The minimum absolute atomic E-state index is 0.0169. The van der Waals surface area contributed by atoms with E-state index in [1.165, 1.54) is 4.90 Å². The highest BCUT2D eigenvalue weighted by Gasteiger charge is 2.35. The van der Waals surface area contributed by atoms with Gasteiger partial charge in [0.2, 0.25) is 0 Å². The molecule has 0 unspecified atom stereocenters. The van der Waals surface area contributed by atoms with Gasteiger partial charge in [-0.2, -0.15) is 0 Å². The van der Waals surface area contributed by atoms with E-state index in [2.05, 4.69) is 0 Å². The molecule has 1 aliphatic rings. The van der Waals surface area contributed by atoms with Gasteiger partial charge < -0.3 is 10.0 Å². The lowest BCUT2D eigenvalue weighted by atomic mass is 10.1. The van der Waals surface area contributed by atoms with Crippen LogP contribution in [0, 0.1) is 0 Å². The Bertz CT molecular complexity index is 671. The SMILES string of the molecule is O=C(O)CCN(C(=O)c1ccc(Cl)cc1)[C@@H]1CCS(=O)(=O)C1. The van der Waals surface area contributed by atoms with Crippen LogP contribution in [0.5, 0.6) is 0 Å². The molecule has 1 N–H and O–H groups in total. The zero-order chi connectivity index (χ0) is 16.3. The van der Waals surface area contributed by atoms with Crippen molar-refractivity contribution in [2.45, 2.75) is 18.9 Å². The van der Waals surface area contributed by atoms with Gasteiger partial charge in [-0.1, -0.05) is 11.6 Å². The summed E-state index contributed by atoms with van der Waals surface area (Å²) in [5, 5.41) is 9.31. The number of amides is 1. The van der Waals surface area contributed by atoms with Crippen molar-refractivity contribution in [3.05, 3.63) is 34.9 Å². The van der Waals surface area contributed by atoms with Crippen molar-refractivity contribution in [2.24, 2.45) is 0 Å². The molecule has 0 aliphatic carbocycles. The molecule has 120 valence electrons. The quantitative estimate of drug-likeness (QED) is 0.871. The number of nitrogens with zero attached hydrogens (tertiary/aromatic N) is 1. The van der Waals surface area contributed by atoms with Gasteiger partial charge in [-0.25, -0.2) is 8.42 Å². The van der Waals surface area contributed by atoms with Crippen LogP contribution in [0.25, 0.3) is 0 Å². The smallest absolute Gasteiger partial charge is 0.305 e. The Kier molecular flexibility index (Phi) is 5.08. The first-order valence-electron chi connectivity index (χ1n) is 6.77. The van der Waals surface area contributed by atoms with Crippen molar-refractivity contribution in [1.82, 2.24) is 4.90 Å². The van der Waals surface area contributed by atoms with Crippen molar-refractivity contribution in [2.75, 3.05) is 18.1 Å². The molecular weight excluding hydrogens is 330 g/mol. The largest absolute Gasteiger partial charge is 0.481 e. The number of aliphatic carboxylic acids is 1. The van der Waals surface area contributed by atoms with Gasteiger partial charge in [0.15, 0.2) is 9.84 Å². The molecule has 1 atom stereocenters. The molecule has 0 spiro atoms. The molecule has 6 nitrogen and oxygen atoms in total. The van der Waals surface area contributed by atoms with Crippen LogP contribution in [-0.2, 0) is 14.6 Å². The zero-order valence-corrected chi connectivity index (χ0v) is 13.3. The monoisotopic (exact) mass is 345 g/mol. The Labute approximate surface area is 133 Å². The van der Waals surface area contributed by atoms with Gasteiger partial charge in [0.1, 0.15) is 0 Å². The molecule has 1 aromatic carbocycles. The highest BCUT2D eigenvalue weighted by Crippen LogP contribution is 2.21. The molecule has 22 heavy (non-hydrogen) atoms.